The van der Waals surface area contributed by atoms with Gasteiger partial charge in [-0.15, -0.1) is 0 Å². The van der Waals surface area contributed by atoms with Crippen molar-refractivity contribution in [2.75, 3.05) is 20.2 Å². The van der Waals surface area contributed by atoms with E-state index in [0.717, 1.165) is 48.3 Å². The number of methoxy groups -OCH3 is 1. The lowest BCUT2D eigenvalue weighted by Crippen LogP contribution is -2.54. The van der Waals surface area contributed by atoms with E-state index >= 15 is 0 Å². The zero-order valence-electron chi connectivity index (χ0n) is 16.6. The van der Waals surface area contributed by atoms with Crippen molar-refractivity contribution >= 4 is 17.8 Å². The second kappa shape index (κ2) is 8.63. The molecule has 0 aromatic heterocycles. The molecule has 1 saturated heterocycles. The number of amides is 4. The van der Waals surface area contributed by atoms with Crippen molar-refractivity contribution in [2.45, 2.75) is 51.0 Å². The number of rotatable bonds is 7. The summed E-state index contributed by atoms with van der Waals surface area (Å²) >= 11 is 0. The number of imide groups is 1. The lowest BCUT2D eigenvalue weighted by molar-refractivity contribution is -0.137. The van der Waals surface area contributed by atoms with Crippen LogP contribution in [0.25, 0.3) is 0 Å². The Balaban J connectivity index is 1.45. The van der Waals surface area contributed by atoms with Crippen molar-refractivity contribution in [1.29, 1.82) is 0 Å². The Morgan fingerprint density at radius 3 is 2.71 bits per heavy atom. The fraction of sp³-hybridized carbons (Fsp3) is 0.571. The van der Waals surface area contributed by atoms with E-state index in [1.165, 1.54) is 0 Å². The van der Waals surface area contributed by atoms with Gasteiger partial charge in [-0.1, -0.05) is 31.9 Å². The molecule has 1 aliphatic carbocycles. The van der Waals surface area contributed by atoms with Gasteiger partial charge in [0.15, 0.2) is 0 Å². The first-order valence-corrected chi connectivity index (χ1v) is 10.00. The van der Waals surface area contributed by atoms with Gasteiger partial charge in [-0.2, -0.15) is 0 Å². The number of hydrogen-bond donors (Lipinski definition) is 2. The lowest BCUT2D eigenvalue weighted by atomic mass is 9.73. The Hall–Kier alpha value is -2.57. The van der Waals surface area contributed by atoms with Crippen LogP contribution in [-0.4, -0.2) is 48.5 Å². The molecule has 28 heavy (non-hydrogen) atoms. The number of carbonyl (C=O) groups excluding carboxylic acids is 3. The van der Waals surface area contributed by atoms with Gasteiger partial charge < -0.3 is 15.4 Å². The molecule has 2 N–H and O–H groups in total. The zero-order chi connectivity index (χ0) is 20.1. The maximum absolute atomic E-state index is 12.9. The van der Waals surface area contributed by atoms with E-state index in [9.17, 15) is 14.4 Å². The molecule has 2 fully saturated rings. The van der Waals surface area contributed by atoms with E-state index in [1.54, 1.807) is 7.11 Å². The summed E-state index contributed by atoms with van der Waals surface area (Å²) in [5.41, 5.74) is 0.349. The van der Waals surface area contributed by atoms with Crippen molar-refractivity contribution in [3.63, 3.8) is 0 Å². The van der Waals surface area contributed by atoms with Gasteiger partial charge in [0.2, 0.25) is 5.91 Å². The molecule has 7 nitrogen and oxygen atoms in total. The Bertz CT molecular complexity index is 734. The number of ether oxygens (including phenoxy) is 1. The monoisotopic (exact) mass is 387 g/mol. The fourth-order valence-corrected chi connectivity index (χ4v) is 4.15. The summed E-state index contributed by atoms with van der Waals surface area (Å²) in [4.78, 5) is 38.5. The van der Waals surface area contributed by atoms with Crippen LogP contribution in [0.3, 0.4) is 0 Å². The van der Waals surface area contributed by atoms with Crippen molar-refractivity contribution in [2.24, 2.45) is 5.92 Å². The molecule has 4 amide bonds. The smallest absolute Gasteiger partial charge is 0.325 e. The van der Waals surface area contributed by atoms with Gasteiger partial charge >= 0.3 is 6.03 Å². The molecule has 3 rings (SSSR count). The molecule has 152 valence electrons. The highest BCUT2D eigenvalue weighted by atomic mass is 16.5. The van der Waals surface area contributed by atoms with Crippen LogP contribution < -0.4 is 15.4 Å². The first kappa shape index (κ1) is 20.2. The third kappa shape index (κ3) is 4.13. The highest BCUT2D eigenvalue weighted by molar-refractivity contribution is 6.09. The molecule has 0 unspecified atom stereocenters. The number of benzene rings is 1. The van der Waals surface area contributed by atoms with Crippen molar-refractivity contribution in [3.05, 3.63) is 29.8 Å². The lowest BCUT2D eigenvalue weighted by Gasteiger charge is -2.36. The van der Waals surface area contributed by atoms with Gasteiger partial charge in [-0.05, 0) is 49.3 Å². The summed E-state index contributed by atoms with van der Waals surface area (Å²) in [5.74, 6) is 0.350. The van der Waals surface area contributed by atoms with Crippen LogP contribution in [-0.2, 0) is 16.0 Å². The first-order chi connectivity index (χ1) is 13.5. The van der Waals surface area contributed by atoms with E-state index in [4.69, 9.17) is 4.74 Å². The van der Waals surface area contributed by atoms with E-state index in [0.29, 0.717) is 13.0 Å². The largest absolute Gasteiger partial charge is 0.497 e. The van der Waals surface area contributed by atoms with Gasteiger partial charge in [-0.25, -0.2) is 4.79 Å². The summed E-state index contributed by atoms with van der Waals surface area (Å²) < 4.78 is 5.13. The van der Waals surface area contributed by atoms with Gasteiger partial charge in [-0.3, -0.25) is 14.5 Å². The Labute approximate surface area is 165 Å². The predicted octanol–water partition coefficient (Wildman–Crippen LogP) is 2.24. The second-order valence-electron chi connectivity index (χ2n) is 7.74. The predicted molar refractivity (Wildman–Crippen MR) is 105 cm³/mol. The third-order valence-electron chi connectivity index (χ3n) is 5.93. The molecular formula is C21H29N3O4. The van der Waals surface area contributed by atoms with Gasteiger partial charge in [0.25, 0.3) is 5.91 Å². The summed E-state index contributed by atoms with van der Waals surface area (Å²) in [6, 6.07) is 7.37. The summed E-state index contributed by atoms with van der Waals surface area (Å²) in [6.45, 7) is 2.28. The molecule has 2 atom stereocenters. The Kier molecular flexibility index (Phi) is 6.21. The highest BCUT2D eigenvalue weighted by Crippen LogP contribution is 2.38. The minimum atomic E-state index is -0.815. The van der Waals surface area contributed by atoms with Crippen molar-refractivity contribution in [3.8, 4) is 5.75 Å². The van der Waals surface area contributed by atoms with Gasteiger partial charge in [0.1, 0.15) is 17.8 Å². The molecule has 7 heteroatoms. The van der Waals surface area contributed by atoms with Crippen LogP contribution in [0.2, 0.25) is 0 Å². The van der Waals surface area contributed by atoms with E-state index in [1.807, 2.05) is 31.2 Å². The van der Waals surface area contributed by atoms with Crippen LogP contribution in [0.4, 0.5) is 4.79 Å². The topological polar surface area (TPSA) is 87.7 Å². The SMILES string of the molecule is COc1ccc(CCCNC(=O)CN2C(=O)N[C@]3(CCCC[C@@H]3C)C2=O)cc1. The standard InChI is InChI=1S/C21H29N3O4/c1-15-6-3-4-12-21(15)19(26)24(20(27)23-21)14-18(25)22-13-5-7-16-8-10-17(28-2)11-9-16/h8-11,15H,3-7,12-14H2,1-2H3,(H,22,25)(H,23,27)/t15-,21-/m0/s1. The number of hydrogen-bond acceptors (Lipinski definition) is 4. The molecule has 1 heterocycles. The Morgan fingerprint density at radius 1 is 1.29 bits per heavy atom. The third-order valence-corrected chi connectivity index (χ3v) is 5.93. The summed E-state index contributed by atoms with van der Waals surface area (Å²) in [7, 11) is 1.63. The van der Waals surface area contributed by atoms with Gasteiger partial charge in [0, 0.05) is 6.54 Å². The van der Waals surface area contributed by atoms with Crippen LogP contribution in [0.1, 0.15) is 44.6 Å². The zero-order valence-corrected chi connectivity index (χ0v) is 16.6. The van der Waals surface area contributed by atoms with Crippen LogP contribution >= 0.6 is 0 Å². The van der Waals surface area contributed by atoms with E-state index in [-0.39, 0.29) is 24.3 Å². The maximum atomic E-state index is 12.9. The number of nitrogens with zero attached hydrogens (tertiary/aromatic N) is 1. The van der Waals surface area contributed by atoms with Crippen LogP contribution in [0.5, 0.6) is 5.75 Å². The van der Waals surface area contributed by atoms with E-state index in [2.05, 4.69) is 10.6 Å². The first-order valence-electron chi connectivity index (χ1n) is 10.00. The van der Waals surface area contributed by atoms with Gasteiger partial charge in [0.05, 0.1) is 7.11 Å². The maximum Gasteiger partial charge on any atom is 0.325 e. The molecular weight excluding hydrogens is 358 g/mol. The molecule has 1 saturated carbocycles. The highest BCUT2D eigenvalue weighted by Gasteiger charge is 2.55. The number of carbonyl (C=O) groups is 3. The Morgan fingerprint density at radius 2 is 2.04 bits per heavy atom. The van der Waals surface area contributed by atoms with Crippen LogP contribution in [0.15, 0.2) is 24.3 Å². The van der Waals surface area contributed by atoms with Crippen LogP contribution in [0, 0.1) is 5.92 Å². The molecule has 2 aliphatic rings. The quantitative estimate of drug-likeness (QED) is 0.555. The molecule has 0 radical (unpaired) electrons. The molecule has 1 aliphatic heterocycles. The molecule has 1 aromatic carbocycles. The molecule has 0 bridgehead atoms. The van der Waals surface area contributed by atoms with Crippen molar-refractivity contribution in [1.82, 2.24) is 15.5 Å². The average Bonchev–Trinajstić information content (AvgIpc) is 2.93. The molecule has 1 spiro atoms. The number of nitrogens with one attached hydrogen (secondary N) is 2. The summed E-state index contributed by atoms with van der Waals surface area (Å²) in [6.07, 6.45) is 5.16. The summed E-state index contributed by atoms with van der Waals surface area (Å²) in [5, 5.41) is 5.68. The molecule has 1 aromatic rings. The second-order valence-corrected chi connectivity index (χ2v) is 7.74. The normalized spacial score (nSPS) is 24.4. The number of urea groups is 1. The fourth-order valence-electron chi connectivity index (χ4n) is 4.15. The average molecular weight is 387 g/mol. The number of aryl methyl sites for hydroxylation is 1. The minimum Gasteiger partial charge on any atom is -0.497 e. The van der Waals surface area contributed by atoms with E-state index < -0.39 is 11.6 Å². The minimum absolute atomic E-state index is 0.0928. The van der Waals surface area contributed by atoms with Crippen molar-refractivity contribution < 1.29 is 19.1 Å².